The Labute approximate surface area is 135 Å². The molecule has 0 spiro atoms. The Bertz CT molecular complexity index is 645. The normalized spacial score (nSPS) is 17.6. The summed E-state index contributed by atoms with van der Waals surface area (Å²) in [7, 11) is 1.36. The second kappa shape index (κ2) is 6.65. The average molecular weight is 309 g/mol. The summed E-state index contributed by atoms with van der Waals surface area (Å²) in [5.74, 6) is -0.721. The number of methoxy groups -OCH3 is 1. The zero-order valence-corrected chi connectivity index (χ0v) is 13.0. The minimum absolute atomic E-state index is 0.0156. The smallest absolute Gasteiger partial charge is 0.310 e. The quantitative estimate of drug-likeness (QED) is 0.816. The molecule has 0 saturated carbocycles. The van der Waals surface area contributed by atoms with Crippen molar-refractivity contribution in [2.24, 2.45) is 5.92 Å². The largest absolute Gasteiger partial charge is 0.469 e. The third kappa shape index (κ3) is 3.11. The molecular weight excluding hydrogens is 290 g/mol. The summed E-state index contributed by atoms with van der Waals surface area (Å²) < 4.78 is 4.80. The third-order valence-corrected chi connectivity index (χ3v) is 4.24. The first kappa shape index (κ1) is 15.3. The Morgan fingerprint density at radius 2 is 1.57 bits per heavy atom. The summed E-state index contributed by atoms with van der Waals surface area (Å²) in [6, 6.07) is 19.6. The van der Waals surface area contributed by atoms with Gasteiger partial charge in [0, 0.05) is 13.0 Å². The molecule has 1 atom stereocenters. The van der Waals surface area contributed by atoms with E-state index < -0.39 is 0 Å². The zero-order valence-electron chi connectivity index (χ0n) is 13.0. The fourth-order valence-corrected chi connectivity index (χ4v) is 3.13. The maximum atomic E-state index is 12.5. The fourth-order valence-electron chi connectivity index (χ4n) is 3.13. The van der Waals surface area contributed by atoms with E-state index in [0.717, 1.165) is 11.1 Å². The van der Waals surface area contributed by atoms with E-state index in [4.69, 9.17) is 4.74 Å². The molecule has 1 heterocycles. The van der Waals surface area contributed by atoms with Gasteiger partial charge in [-0.1, -0.05) is 60.7 Å². The predicted octanol–water partition coefficient (Wildman–Crippen LogP) is 2.80. The molecule has 1 fully saturated rings. The van der Waals surface area contributed by atoms with E-state index in [0.29, 0.717) is 6.54 Å². The van der Waals surface area contributed by atoms with Crippen LogP contribution in [0.3, 0.4) is 0 Å². The number of hydrogen-bond acceptors (Lipinski definition) is 3. The second-order valence-corrected chi connectivity index (χ2v) is 5.69. The summed E-state index contributed by atoms with van der Waals surface area (Å²) in [4.78, 5) is 26.1. The first-order chi connectivity index (χ1) is 11.2. The van der Waals surface area contributed by atoms with E-state index in [-0.39, 0.29) is 30.3 Å². The average Bonchev–Trinajstić information content (AvgIpc) is 2.98. The van der Waals surface area contributed by atoms with Gasteiger partial charge in [0.1, 0.15) is 0 Å². The topological polar surface area (TPSA) is 46.6 Å². The minimum Gasteiger partial charge on any atom is -0.469 e. The SMILES string of the molecule is COC(=O)[C@@H]1CC(=O)N(C(c2ccccc2)c2ccccc2)C1. The molecule has 1 aliphatic heterocycles. The van der Waals surface area contributed by atoms with Gasteiger partial charge < -0.3 is 9.64 Å². The van der Waals surface area contributed by atoms with E-state index in [2.05, 4.69) is 0 Å². The number of nitrogens with zero attached hydrogens (tertiary/aromatic N) is 1. The number of likely N-dealkylation sites (tertiary alicyclic amines) is 1. The zero-order chi connectivity index (χ0) is 16.2. The van der Waals surface area contributed by atoms with Gasteiger partial charge in [-0.2, -0.15) is 0 Å². The fraction of sp³-hybridized carbons (Fsp3) is 0.263. The van der Waals surface area contributed by atoms with Crippen molar-refractivity contribution in [2.75, 3.05) is 13.7 Å². The molecule has 1 saturated heterocycles. The maximum absolute atomic E-state index is 12.5. The number of amides is 1. The van der Waals surface area contributed by atoms with Crippen LogP contribution < -0.4 is 0 Å². The number of carbonyl (C=O) groups excluding carboxylic acids is 2. The minimum atomic E-state index is -0.387. The third-order valence-electron chi connectivity index (χ3n) is 4.24. The number of carbonyl (C=O) groups is 2. The van der Waals surface area contributed by atoms with Crippen molar-refractivity contribution >= 4 is 11.9 Å². The van der Waals surface area contributed by atoms with Gasteiger partial charge in [-0.05, 0) is 11.1 Å². The maximum Gasteiger partial charge on any atom is 0.310 e. The van der Waals surface area contributed by atoms with Crippen molar-refractivity contribution < 1.29 is 14.3 Å². The molecule has 4 heteroatoms. The van der Waals surface area contributed by atoms with Gasteiger partial charge in [-0.15, -0.1) is 0 Å². The Kier molecular flexibility index (Phi) is 4.42. The highest BCUT2D eigenvalue weighted by Crippen LogP contribution is 2.34. The van der Waals surface area contributed by atoms with Crippen LogP contribution in [0.1, 0.15) is 23.6 Å². The Balaban J connectivity index is 1.97. The van der Waals surface area contributed by atoms with Crippen LogP contribution in [0.15, 0.2) is 60.7 Å². The lowest BCUT2D eigenvalue weighted by Crippen LogP contribution is -2.32. The number of rotatable bonds is 4. The molecule has 0 bridgehead atoms. The highest BCUT2D eigenvalue weighted by Gasteiger charge is 2.39. The van der Waals surface area contributed by atoms with Crippen molar-refractivity contribution in [3.8, 4) is 0 Å². The monoisotopic (exact) mass is 309 g/mol. The first-order valence-electron chi connectivity index (χ1n) is 7.68. The van der Waals surface area contributed by atoms with Crippen molar-refractivity contribution in [1.82, 2.24) is 4.90 Å². The molecule has 2 aromatic rings. The van der Waals surface area contributed by atoms with E-state index in [1.807, 2.05) is 60.7 Å². The lowest BCUT2D eigenvalue weighted by Gasteiger charge is -2.29. The van der Waals surface area contributed by atoms with Crippen LogP contribution in [0, 0.1) is 5.92 Å². The molecule has 0 radical (unpaired) electrons. The van der Waals surface area contributed by atoms with Crippen LogP contribution in [0.25, 0.3) is 0 Å². The number of hydrogen-bond donors (Lipinski definition) is 0. The Morgan fingerprint density at radius 3 is 2.04 bits per heavy atom. The van der Waals surface area contributed by atoms with Crippen LogP contribution in [0.5, 0.6) is 0 Å². The standard InChI is InChI=1S/C19H19NO3/c1-23-19(22)16-12-17(21)20(13-16)18(14-8-4-2-5-9-14)15-10-6-3-7-11-15/h2-11,16,18H,12-13H2,1H3/t16-/m1/s1. The number of esters is 1. The van der Waals surface area contributed by atoms with E-state index in [9.17, 15) is 9.59 Å². The Hall–Kier alpha value is -2.62. The molecule has 1 aliphatic rings. The summed E-state index contributed by atoms with van der Waals surface area (Å²) >= 11 is 0. The van der Waals surface area contributed by atoms with Crippen LogP contribution in [-0.4, -0.2) is 30.4 Å². The van der Waals surface area contributed by atoms with Crippen LogP contribution >= 0.6 is 0 Å². The Morgan fingerprint density at radius 1 is 1.04 bits per heavy atom. The van der Waals surface area contributed by atoms with E-state index in [1.165, 1.54) is 7.11 Å². The second-order valence-electron chi connectivity index (χ2n) is 5.69. The van der Waals surface area contributed by atoms with Gasteiger partial charge in [-0.3, -0.25) is 9.59 Å². The molecule has 118 valence electrons. The molecule has 0 unspecified atom stereocenters. The molecular formula is C19H19NO3. The number of benzene rings is 2. The predicted molar refractivity (Wildman–Crippen MR) is 86.6 cm³/mol. The summed E-state index contributed by atoms with van der Waals surface area (Å²) in [6.07, 6.45) is 0.211. The van der Waals surface area contributed by atoms with Gasteiger partial charge in [0.2, 0.25) is 5.91 Å². The van der Waals surface area contributed by atoms with Gasteiger partial charge in [0.15, 0.2) is 0 Å². The highest BCUT2D eigenvalue weighted by atomic mass is 16.5. The summed E-state index contributed by atoms with van der Waals surface area (Å²) in [5, 5.41) is 0. The summed E-state index contributed by atoms with van der Waals surface area (Å²) in [6.45, 7) is 0.389. The van der Waals surface area contributed by atoms with E-state index >= 15 is 0 Å². The van der Waals surface area contributed by atoms with Crippen LogP contribution in [-0.2, 0) is 14.3 Å². The summed E-state index contributed by atoms with van der Waals surface area (Å²) in [5.41, 5.74) is 2.08. The van der Waals surface area contributed by atoms with Crippen LogP contribution in [0.4, 0.5) is 0 Å². The van der Waals surface area contributed by atoms with Crippen molar-refractivity contribution in [3.63, 3.8) is 0 Å². The van der Waals surface area contributed by atoms with E-state index in [1.54, 1.807) is 4.90 Å². The molecule has 0 aliphatic carbocycles. The molecule has 4 nitrogen and oxygen atoms in total. The van der Waals surface area contributed by atoms with Gasteiger partial charge in [0.05, 0.1) is 19.1 Å². The first-order valence-corrected chi connectivity index (χ1v) is 7.68. The molecule has 1 amide bonds. The lowest BCUT2D eigenvalue weighted by molar-refractivity contribution is -0.145. The molecule has 23 heavy (non-hydrogen) atoms. The molecule has 2 aromatic carbocycles. The molecule has 3 rings (SSSR count). The van der Waals surface area contributed by atoms with Crippen molar-refractivity contribution in [1.29, 1.82) is 0 Å². The molecule has 0 aromatic heterocycles. The highest BCUT2D eigenvalue weighted by molar-refractivity contribution is 5.87. The van der Waals surface area contributed by atoms with Crippen molar-refractivity contribution in [3.05, 3.63) is 71.8 Å². The van der Waals surface area contributed by atoms with Crippen LogP contribution in [0.2, 0.25) is 0 Å². The lowest BCUT2D eigenvalue weighted by atomic mass is 9.97. The number of ether oxygens (including phenoxy) is 1. The molecule has 0 N–H and O–H groups in total. The van der Waals surface area contributed by atoms with Gasteiger partial charge in [0.25, 0.3) is 0 Å². The van der Waals surface area contributed by atoms with Crippen molar-refractivity contribution in [2.45, 2.75) is 12.5 Å². The van der Waals surface area contributed by atoms with Gasteiger partial charge in [-0.25, -0.2) is 0 Å². The van der Waals surface area contributed by atoms with Gasteiger partial charge >= 0.3 is 5.97 Å².